The molecule has 1 aromatic heterocycles. The van der Waals surface area contributed by atoms with Crippen molar-refractivity contribution in [1.29, 1.82) is 5.26 Å². The van der Waals surface area contributed by atoms with Gasteiger partial charge in [0.05, 0.1) is 6.07 Å². The Morgan fingerprint density at radius 2 is 2.24 bits per heavy atom. The zero-order chi connectivity index (χ0) is 12.7. The molecule has 0 aromatic carbocycles. The summed E-state index contributed by atoms with van der Waals surface area (Å²) in [7, 11) is -3.90. The number of hydrogen-bond donors (Lipinski definition) is 1. The lowest BCUT2D eigenvalue weighted by molar-refractivity contribution is 0.542. The Kier molecular flexibility index (Phi) is 5.00. The van der Waals surface area contributed by atoms with Crippen molar-refractivity contribution in [2.45, 2.75) is 24.3 Å². The maximum Gasteiger partial charge on any atom is 0.261 e. The van der Waals surface area contributed by atoms with Crippen LogP contribution >= 0.6 is 0 Å². The Hall–Kier alpha value is -1.52. The highest BCUT2D eigenvalue weighted by Gasteiger charge is 2.19. The lowest BCUT2D eigenvalue weighted by Gasteiger charge is -2.05. The van der Waals surface area contributed by atoms with Gasteiger partial charge in [-0.15, -0.1) is 0 Å². The van der Waals surface area contributed by atoms with Crippen LogP contribution in [-0.2, 0) is 10.0 Å². The van der Waals surface area contributed by atoms with Crippen LogP contribution in [-0.4, -0.2) is 19.9 Å². The molecule has 0 bridgehead atoms. The standard InChI is InChI=1S/C10H12FN3O2S/c11-9-5-4-7-13-10(9)17(15,16)14-8-3-1-2-6-12/h4-5,7,14H,1-3,8H2. The third kappa shape index (κ3) is 4.09. The van der Waals surface area contributed by atoms with Crippen molar-refractivity contribution >= 4 is 10.0 Å². The minimum absolute atomic E-state index is 0.167. The highest BCUT2D eigenvalue weighted by molar-refractivity contribution is 7.89. The molecule has 0 saturated heterocycles. The molecule has 5 nitrogen and oxygen atoms in total. The SMILES string of the molecule is N#CCCCCNS(=O)(=O)c1ncccc1F. The first-order chi connectivity index (χ1) is 8.08. The molecule has 0 aliphatic carbocycles. The number of unbranched alkanes of at least 4 members (excludes halogenated alkanes) is 2. The van der Waals surface area contributed by atoms with E-state index >= 15 is 0 Å². The summed E-state index contributed by atoms with van der Waals surface area (Å²) in [4.78, 5) is 3.49. The third-order valence-electron chi connectivity index (χ3n) is 1.99. The maximum absolute atomic E-state index is 13.2. The van der Waals surface area contributed by atoms with Gasteiger partial charge in [0.2, 0.25) is 5.03 Å². The first-order valence-electron chi connectivity index (χ1n) is 5.05. The van der Waals surface area contributed by atoms with Crippen LogP contribution in [0.5, 0.6) is 0 Å². The number of nitriles is 1. The number of sulfonamides is 1. The van der Waals surface area contributed by atoms with E-state index in [4.69, 9.17) is 5.26 Å². The normalized spacial score (nSPS) is 11.1. The molecule has 0 radical (unpaired) electrons. The lowest BCUT2D eigenvalue weighted by Crippen LogP contribution is -2.26. The summed E-state index contributed by atoms with van der Waals surface area (Å²) in [5.41, 5.74) is 0. The summed E-state index contributed by atoms with van der Waals surface area (Å²) in [6.07, 6.45) is 2.72. The third-order valence-corrected chi connectivity index (χ3v) is 3.38. The molecule has 0 aliphatic heterocycles. The van der Waals surface area contributed by atoms with Crippen LogP contribution in [0.1, 0.15) is 19.3 Å². The van der Waals surface area contributed by atoms with Crippen molar-refractivity contribution in [3.8, 4) is 6.07 Å². The number of pyridine rings is 1. The first kappa shape index (κ1) is 13.5. The number of halogens is 1. The Balaban J connectivity index is 2.59. The molecule has 0 saturated carbocycles. The molecule has 0 spiro atoms. The highest BCUT2D eigenvalue weighted by Crippen LogP contribution is 2.09. The Bertz CT molecular complexity index is 511. The zero-order valence-corrected chi connectivity index (χ0v) is 9.87. The van der Waals surface area contributed by atoms with Gasteiger partial charge in [0.15, 0.2) is 5.82 Å². The van der Waals surface area contributed by atoms with Crippen molar-refractivity contribution < 1.29 is 12.8 Å². The van der Waals surface area contributed by atoms with Crippen LogP contribution in [0.25, 0.3) is 0 Å². The van der Waals surface area contributed by atoms with Crippen LogP contribution in [0, 0.1) is 17.1 Å². The smallest absolute Gasteiger partial charge is 0.241 e. The van der Waals surface area contributed by atoms with Crippen LogP contribution < -0.4 is 4.72 Å². The molecular weight excluding hydrogens is 245 g/mol. The largest absolute Gasteiger partial charge is 0.261 e. The Morgan fingerprint density at radius 1 is 1.47 bits per heavy atom. The van der Waals surface area contributed by atoms with Crippen LogP contribution in [0.4, 0.5) is 4.39 Å². The molecule has 0 atom stereocenters. The van der Waals surface area contributed by atoms with E-state index in [0.717, 1.165) is 6.07 Å². The van der Waals surface area contributed by atoms with Crippen molar-refractivity contribution in [2.75, 3.05) is 6.54 Å². The number of nitrogens with zero attached hydrogens (tertiary/aromatic N) is 2. The van der Waals surface area contributed by atoms with E-state index in [1.807, 2.05) is 6.07 Å². The number of aromatic nitrogens is 1. The Labute approximate surface area is 99.3 Å². The zero-order valence-electron chi connectivity index (χ0n) is 9.06. The fourth-order valence-electron chi connectivity index (χ4n) is 1.17. The molecule has 0 aliphatic rings. The second-order valence-electron chi connectivity index (χ2n) is 3.30. The average Bonchev–Trinajstić information content (AvgIpc) is 2.29. The van der Waals surface area contributed by atoms with E-state index < -0.39 is 20.9 Å². The van der Waals surface area contributed by atoms with Crippen LogP contribution in [0.15, 0.2) is 23.4 Å². The summed E-state index contributed by atoms with van der Waals surface area (Å²) in [5, 5.41) is 7.69. The minimum Gasteiger partial charge on any atom is -0.241 e. The van der Waals surface area contributed by atoms with E-state index in [0.29, 0.717) is 19.3 Å². The molecule has 17 heavy (non-hydrogen) atoms. The van der Waals surface area contributed by atoms with Gasteiger partial charge in [-0.25, -0.2) is 22.5 Å². The van der Waals surface area contributed by atoms with Gasteiger partial charge >= 0.3 is 0 Å². The second kappa shape index (κ2) is 6.27. The molecule has 0 amide bonds. The lowest BCUT2D eigenvalue weighted by atomic mass is 10.2. The maximum atomic E-state index is 13.2. The number of nitrogens with one attached hydrogen (secondary N) is 1. The topological polar surface area (TPSA) is 82.9 Å². The number of rotatable bonds is 6. The summed E-state index contributed by atoms with van der Waals surface area (Å²) in [6, 6.07) is 4.32. The molecule has 1 aromatic rings. The van der Waals surface area contributed by atoms with E-state index in [1.165, 1.54) is 12.3 Å². The van der Waals surface area contributed by atoms with Crippen molar-refractivity contribution in [2.24, 2.45) is 0 Å². The van der Waals surface area contributed by atoms with Gasteiger partial charge in [-0.05, 0) is 25.0 Å². The van der Waals surface area contributed by atoms with Crippen molar-refractivity contribution in [1.82, 2.24) is 9.71 Å². The van der Waals surface area contributed by atoms with E-state index in [9.17, 15) is 12.8 Å². The number of hydrogen-bond acceptors (Lipinski definition) is 4. The van der Waals surface area contributed by atoms with Gasteiger partial charge in [-0.3, -0.25) is 0 Å². The van der Waals surface area contributed by atoms with Gasteiger partial charge < -0.3 is 0 Å². The van der Waals surface area contributed by atoms with Gasteiger partial charge in [0.1, 0.15) is 0 Å². The molecule has 1 rings (SSSR count). The summed E-state index contributed by atoms with van der Waals surface area (Å²) < 4.78 is 38.6. The van der Waals surface area contributed by atoms with Gasteiger partial charge in [-0.2, -0.15) is 5.26 Å². The fraction of sp³-hybridized carbons (Fsp3) is 0.400. The van der Waals surface area contributed by atoms with Gasteiger partial charge in [0, 0.05) is 19.2 Å². The van der Waals surface area contributed by atoms with Crippen molar-refractivity contribution in [3.05, 3.63) is 24.1 Å². The van der Waals surface area contributed by atoms with Crippen LogP contribution in [0.3, 0.4) is 0 Å². The quantitative estimate of drug-likeness (QED) is 0.776. The van der Waals surface area contributed by atoms with E-state index in [2.05, 4.69) is 9.71 Å². The summed E-state index contributed by atoms with van der Waals surface area (Å²) in [6.45, 7) is 0.167. The average molecular weight is 257 g/mol. The second-order valence-corrected chi connectivity index (χ2v) is 4.99. The van der Waals surface area contributed by atoms with E-state index in [-0.39, 0.29) is 6.54 Å². The molecule has 0 unspecified atom stereocenters. The first-order valence-corrected chi connectivity index (χ1v) is 6.53. The predicted octanol–water partition coefficient (Wildman–Crippen LogP) is 1.19. The van der Waals surface area contributed by atoms with Crippen molar-refractivity contribution in [3.63, 3.8) is 0 Å². The molecule has 0 fully saturated rings. The molecule has 7 heteroatoms. The van der Waals surface area contributed by atoms with Gasteiger partial charge in [0.25, 0.3) is 10.0 Å². The summed E-state index contributed by atoms with van der Waals surface area (Å²) in [5.74, 6) is -0.878. The molecular formula is C10H12FN3O2S. The monoisotopic (exact) mass is 257 g/mol. The van der Waals surface area contributed by atoms with Gasteiger partial charge in [-0.1, -0.05) is 0 Å². The Morgan fingerprint density at radius 3 is 2.88 bits per heavy atom. The molecule has 1 N–H and O–H groups in total. The fourth-order valence-corrected chi connectivity index (χ4v) is 2.25. The summed E-state index contributed by atoms with van der Waals surface area (Å²) >= 11 is 0. The molecule has 1 heterocycles. The minimum atomic E-state index is -3.90. The highest BCUT2D eigenvalue weighted by atomic mass is 32.2. The van der Waals surface area contributed by atoms with E-state index in [1.54, 1.807) is 0 Å². The molecule has 92 valence electrons. The van der Waals surface area contributed by atoms with Crippen LogP contribution in [0.2, 0.25) is 0 Å². The predicted molar refractivity (Wildman–Crippen MR) is 58.8 cm³/mol.